The first-order chi connectivity index (χ1) is 9.60. The molecule has 20 heavy (non-hydrogen) atoms. The van der Waals surface area contributed by atoms with Crippen LogP contribution in [-0.2, 0) is 9.53 Å². The zero-order valence-corrected chi connectivity index (χ0v) is 13.0. The van der Waals surface area contributed by atoms with E-state index in [9.17, 15) is 4.79 Å². The molecule has 0 aromatic carbocycles. The smallest absolute Gasteiger partial charge is 0.238 e. The maximum absolute atomic E-state index is 11.8. The van der Waals surface area contributed by atoms with E-state index >= 15 is 0 Å². The van der Waals surface area contributed by atoms with Crippen molar-refractivity contribution in [1.29, 1.82) is 0 Å². The SMILES string of the molecule is CNC1(C(N)=O)CCCC1CCOC1CCCCC1C. The molecule has 4 unspecified atom stereocenters. The maximum Gasteiger partial charge on any atom is 0.238 e. The van der Waals surface area contributed by atoms with Gasteiger partial charge in [0.1, 0.15) is 5.54 Å². The third kappa shape index (κ3) is 3.17. The summed E-state index contributed by atoms with van der Waals surface area (Å²) in [5.74, 6) is 0.801. The molecule has 4 nitrogen and oxygen atoms in total. The average Bonchev–Trinajstić information content (AvgIpc) is 2.85. The summed E-state index contributed by atoms with van der Waals surface area (Å²) in [7, 11) is 1.85. The quantitative estimate of drug-likeness (QED) is 0.785. The lowest BCUT2D eigenvalue weighted by atomic mass is 9.84. The molecule has 0 radical (unpaired) electrons. The van der Waals surface area contributed by atoms with Crippen molar-refractivity contribution in [3.63, 3.8) is 0 Å². The Morgan fingerprint density at radius 3 is 2.70 bits per heavy atom. The predicted octanol–water partition coefficient (Wildman–Crippen LogP) is 2.22. The van der Waals surface area contributed by atoms with Crippen LogP contribution < -0.4 is 11.1 Å². The lowest BCUT2D eigenvalue weighted by molar-refractivity contribution is -0.126. The lowest BCUT2D eigenvalue weighted by Gasteiger charge is -2.33. The first-order valence-electron chi connectivity index (χ1n) is 8.20. The number of hydrogen-bond acceptors (Lipinski definition) is 3. The number of amides is 1. The summed E-state index contributed by atoms with van der Waals surface area (Å²) in [5.41, 5.74) is 5.13. The molecule has 116 valence electrons. The molecule has 2 aliphatic rings. The summed E-state index contributed by atoms with van der Waals surface area (Å²) in [6.07, 6.45) is 9.49. The third-order valence-electron chi connectivity index (χ3n) is 5.54. The molecule has 0 saturated heterocycles. The molecule has 0 heterocycles. The molecule has 2 saturated carbocycles. The second-order valence-corrected chi connectivity index (χ2v) is 6.63. The van der Waals surface area contributed by atoms with Gasteiger partial charge in [0, 0.05) is 6.61 Å². The highest BCUT2D eigenvalue weighted by Crippen LogP contribution is 2.38. The highest BCUT2D eigenvalue weighted by molar-refractivity contribution is 5.85. The number of primary amides is 1. The van der Waals surface area contributed by atoms with Gasteiger partial charge in [0.05, 0.1) is 6.10 Å². The van der Waals surface area contributed by atoms with Crippen LogP contribution in [-0.4, -0.2) is 31.2 Å². The van der Waals surface area contributed by atoms with Crippen LogP contribution in [0.15, 0.2) is 0 Å². The largest absolute Gasteiger partial charge is 0.378 e. The number of likely N-dealkylation sites (N-methyl/N-ethyl adjacent to an activating group) is 1. The van der Waals surface area contributed by atoms with Crippen LogP contribution >= 0.6 is 0 Å². The average molecular weight is 282 g/mol. The molecule has 0 aromatic heterocycles. The van der Waals surface area contributed by atoms with Crippen LogP contribution in [0.3, 0.4) is 0 Å². The number of carbonyl (C=O) groups excluding carboxylic acids is 1. The van der Waals surface area contributed by atoms with E-state index in [0.717, 1.165) is 32.3 Å². The van der Waals surface area contributed by atoms with E-state index < -0.39 is 5.54 Å². The fourth-order valence-corrected chi connectivity index (χ4v) is 4.14. The Morgan fingerprint density at radius 2 is 2.05 bits per heavy atom. The van der Waals surface area contributed by atoms with Crippen molar-refractivity contribution in [2.75, 3.05) is 13.7 Å². The second-order valence-electron chi connectivity index (χ2n) is 6.63. The number of rotatable bonds is 6. The maximum atomic E-state index is 11.8. The standard InChI is InChI=1S/C16H30N2O2/c1-12-6-3-4-8-14(12)20-11-9-13-7-5-10-16(13,18-2)15(17)19/h12-14,18H,3-11H2,1-2H3,(H2,17,19). The fourth-order valence-electron chi connectivity index (χ4n) is 4.14. The van der Waals surface area contributed by atoms with Crippen molar-refractivity contribution < 1.29 is 9.53 Å². The fraction of sp³-hybridized carbons (Fsp3) is 0.938. The van der Waals surface area contributed by atoms with Crippen LogP contribution in [0.5, 0.6) is 0 Å². The number of nitrogens with two attached hydrogens (primary N) is 1. The van der Waals surface area contributed by atoms with Gasteiger partial charge in [0.15, 0.2) is 0 Å². The molecule has 0 bridgehead atoms. The first-order valence-corrected chi connectivity index (χ1v) is 8.20. The normalized spacial score (nSPS) is 38.0. The Labute approximate surface area is 122 Å². The molecular formula is C16H30N2O2. The van der Waals surface area contributed by atoms with Gasteiger partial charge in [0.25, 0.3) is 0 Å². The van der Waals surface area contributed by atoms with E-state index in [1.807, 2.05) is 7.05 Å². The number of ether oxygens (including phenoxy) is 1. The summed E-state index contributed by atoms with van der Waals surface area (Å²) in [4.78, 5) is 11.8. The molecule has 2 rings (SSSR count). The molecule has 2 fully saturated rings. The van der Waals surface area contributed by atoms with E-state index in [1.165, 1.54) is 25.7 Å². The van der Waals surface area contributed by atoms with Gasteiger partial charge < -0.3 is 15.8 Å². The molecule has 0 aliphatic heterocycles. The number of nitrogens with one attached hydrogen (secondary N) is 1. The topological polar surface area (TPSA) is 64.3 Å². The third-order valence-corrected chi connectivity index (χ3v) is 5.54. The van der Waals surface area contributed by atoms with Gasteiger partial charge in [-0.3, -0.25) is 4.79 Å². The monoisotopic (exact) mass is 282 g/mol. The number of carbonyl (C=O) groups is 1. The predicted molar refractivity (Wildman–Crippen MR) is 80.3 cm³/mol. The Hall–Kier alpha value is -0.610. The zero-order chi connectivity index (χ0) is 14.6. The van der Waals surface area contributed by atoms with Crippen LogP contribution in [0.1, 0.15) is 58.3 Å². The molecule has 2 aliphatic carbocycles. The minimum absolute atomic E-state index is 0.200. The molecule has 4 atom stereocenters. The van der Waals surface area contributed by atoms with Crippen molar-refractivity contribution >= 4 is 5.91 Å². The molecule has 0 spiro atoms. The lowest BCUT2D eigenvalue weighted by Crippen LogP contribution is -2.56. The van der Waals surface area contributed by atoms with Crippen molar-refractivity contribution in [3.05, 3.63) is 0 Å². The summed E-state index contributed by atoms with van der Waals surface area (Å²) >= 11 is 0. The van der Waals surface area contributed by atoms with Crippen molar-refractivity contribution in [1.82, 2.24) is 5.32 Å². The van der Waals surface area contributed by atoms with E-state index in [0.29, 0.717) is 17.9 Å². The Balaban J connectivity index is 1.82. The molecule has 3 N–H and O–H groups in total. The van der Waals surface area contributed by atoms with E-state index in [2.05, 4.69) is 12.2 Å². The zero-order valence-electron chi connectivity index (χ0n) is 13.0. The Bertz CT molecular complexity index is 334. The van der Waals surface area contributed by atoms with Crippen LogP contribution in [0.25, 0.3) is 0 Å². The summed E-state index contributed by atoms with van der Waals surface area (Å²) in [5, 5.41) is 3.19. The number of hydrogen-bond donors (Lipinski definition) is 2. The van der Waals surface area contributed by atoms with E-state index in [4.69, 9.17) is 10.5 Å². The summed E-state index contributed by atoms with van der Waals surface area (Å²) in [6, 6.07) is 0. The van der Waals surface area contributed by atoms with Crippen molar-refractivity contribution in [3.8, 4) is 0 Å². The first kappa shape index (κ1) is 15.8. The van der Waals surface area contributed by atoms with Crippen molar-refractivity contribution in [2.45, 2.75) is 69.9 Å². The van der Waals surface area contributed by atoms with E-state index in [1.54, 1.807) is 0 Å². The van der Waals surface area contributed by atoms with Gasteiger partial charge >= 0.3 is 0 Å². The molecule has 4 heteroatoms. The molecule has 1 amide bonds. The van der Waals surface area contributed by atoms with Crippen LogP contribution in [0.2, 0.25) is 0 Å². The minimum atomic E-state index is -0.498. The molecule has 0 aromatic rings. The summed E-state index contributed by atoms with van der Waals surface area (Å²) in [6.45, 7) is 3.05. The van der Waals surface area contributed by atoms with Crippen molar-refractivity contribution in [2.24, 2.45) is 17.6 Å². The van der Waals surface area contributed by atoms with Crippen LogP contribution in [0, 0.1) is 11.8 Å². The van der Waals surface area contributed by atoms with Gasteiger partial charge in [-0.15, -0.1) is 0 Å². The van der Waals surface area contributed by atoms with E-state index in [-0.39, 0.29) is 5.91 Å². The Morgan fingerprint density at radius 1 is 1.30 bits per heavy atom. The van der Waals surface area contributed by atoms with Gasteiger partial charge in [-0.2, -0.15) is 0 Å². The molecular weight excluding hydrogens is 252 g/mol. The van der Waals surface area contributed by atoms with Gasteiger partial charge in [-0.05, 0) is 51.0 Å². The van der Waals surface area contributed by atoms with Crippen LogP contribution in [0.4, 0.5) is 0 Å². The van der Waals surface area contributed by atoms with Gasteiger partial charge in [-0.1, -0.05) is 26.2 Å². The summed E-state index contributed by atoms with van der Waals surface area (Å²) < 4.78 is 6.09. The highest BCUT2D eigenvalue weighted by atomic mass is 16.5. The van der Waals surface area contributed by atoms with Gasteiger partial charge in [-0.25, -0.2) is 0 Å². The van der Waals surface area contributed by atoms with Gasteiger partial charge in [0.2, 0.25) is 5.91 Å². The Kier molecular flexibility index (Phi) is 5.44. The second kappa shape index (κ2) is 6.90. The highest BCUT2D eigenvalue weighted by Gasteiger charge is 2.46. The minimum Gasteiger partial charge on any atom is -0.378 e.